The molecule has 282 valence electrons. The van der Waals surface area contributed by atoms with E-state index in [-0.39, 0.29) is 31.3 Å². The predicted octanol–water partition coefficient (Wildman–Crippen LogP) is 7.72. The Labute approximate surface area is 320 Å². The topological polar surface area (TPSA) is 138 Å². The number of anilines is 1. The van der Waals surface area contributed by atoms with Crippen LogP contribution in [-0.4, -0.2) is 80.7 Å². The van der Waals surface area contributed by atoms with Crippen LogP contribution in [0.2, 0.25) is 0 Å². The Hall–Kier alpha value is -6.56. The summed E-state index contributed by atoms with van der Waals surface area (Å²) in [6, 6.07) is 21.9. The highest BCUT2D eigenvalue weighted by Crippen LogP contribution is 2.42. The SMILES string of the molecule is C.COc1ccc(C2=CN3C(=O)c4cc(OC)c(OCCCOc5cc6c(cc5OC)C(=O)N5C=C(c7cccc(N)c7)CC5C=N6)cc4N=CC3C2)cc1. The van der Waals surface area contributed by atoms with E-state index in [1.807, 2.05) is 67.1 Å². The maximum absolute atomic E-state index is 13.7. The van der Waals surface area contributed by atoms with Crippen LogP contribution < -0.4 is 29.4 Å². The average molecular weight is 742 g/mol. The van der Waals surface area contributed by atoms with Crippen LogP contribution in [0, 0.1) is 0 Å². The Morgan fingerprint density at radius 3 is 1.67 bits per heavy atom. The molecule has 0 aliphatic carbocycles. The summed E-state index contributed by atoms with van der Waals surface area (Å²) in [5, 5.41) is 0. The van der Waals surface area contributed by atoms with E-state index in [0.717, 1.165) is 28.0 Å². The number of hydrogen-bond donors (Lipinski definition) is 1. The van der Waals surface area contributed by atoms with Crippen LogP contribution in [0.25, 0.3) is 11.1 Å². The number of ether oxygens (including phenoxy) is 5. The van der Waals surface area contributed by atoms with Gasteiger partial charge in [0.05, 0.1) is 69.1 Å². The fourth-order valence-corrected chi connectivity index (χ4v) is 7.11. The van der Waals surface area contributed by atoms with E-state index < -0.39 is 0 Å². The zero-order chi connectivity index (χ0) is 37.3. The molecule has 8 rings (SSSR count). The lowest BCUT2D eigenvalue weighted by Crippen LogP contribution is -2.32. The number of benzene rings is 4. The quantitative estimate of drug-likeness (QED) is 0.122. The van der Waals surface area contributed by atoms with Crippen LogP contribution in [0.5, 0.6) is 28.7 Å². The number of amides is 2. The minimum Gasteiger partial charge on any atom is -0.497 e. The molecule has 0 spiro atoms. The molecule has 0 fully saturated rings. The van der Waals surface area contributed by atoms with Gasteiger partial charge in [0.2, 0.25) is 0 Å². The molecule has 2 N–H and O–H groups in total. The first-order valence-electron chi connectivity index (χ1n) is 17.7. The van der Waals surface area contributed by atoms with Gasteiger partial charge in [0.15, 0.2) is 23.0 Å². The Balaban J connectivity index is 0.00000465. The van der Waals surface area contributed by atoms with Crippen LogP contribution in [0.4, 0.5) is 17.1 Å². The fourth-order valence-electron chi connectivity index (χ4n) is 7.11. The van der Waals surface area contributed by atoms with Gasteiger partial charge in [-0.3, -0.25) is 19.6 Å². The van der Waals surface area contributed by atoms with Crippen molar-refractivity contribution in [3.63, 3.8) is 0 Å². The summed E-state index contributed by atoms with van der Waals surface area (Å²) in [6.45, 7) is 0.606. The zero-order valence-electron chi connectivity index (χ0n) is 30.2. The summed E-state index contributed by atoms with van der Waals surface area (Å²) in [5.74, 6) is 2.26. The average Bonchev–Trinajstić information content (AvgIpc) is 3.78. The number of hydrogen-bond acceptors (Lipinski definition) is 10. The van der Waals surface area contributed by atoms with Crippen molar-refractivity contribution in [2.75, 3.05) is 40.3 Å². The minimum absolute atomic E-state index is 0. The summed E-state index contributed by atoms with van der Waals surface area (Å²) in [4.78, 5) is 40.3. The third kappa shape index (κ3) is 7.10. The molecule has 0 saturated heterocycles. The fraction of sp³-hybridized carbons (Fsp3) is 0.256. The summed E-state index contributed by atoms with van der Waals surface area (Å²) in [7, 11) is 4.71. The Bertz CT molecular complexity index is 2260. The van der Waals surface area contributed by atoms with Gasteiger partial charge in [0.1, 0.15) is 5.75 Å². The van der Waals surface area contributed by atoms with Crippen LogP contribution in [0.15, 0.2) is 95.2 Å². The molecular formula is C43H43N5O7. The van der Waals surface area contributed by atoms with Gasteiger partial charge in [-0.2, -0.15) is 0 Å². The van der Waals surface area contributed by atoms with E-state index in [0.29, 0.717) is 83.7 Å². The first kappa shape index (κ1) is 36.8. The normalized spacial score (nSPS) is 17.8. The van der Waals surface area contributed by atoms with E-state index in [4.69, 9.17) is 34.4 Å². The highest BCUT2D eigenvalue weighted by atomic mass is 16.5. The molecule has 2 unspecified atom stereocenters. The Morgan fingerprint density at radius 1 is 0.655 bits per heavy atom. The monoisotopic (exact) mass is 741 g/mol. The van der Waals surface area contributed by atoms with Gasteiger partial charge in [-0.25, -0.2) is 0 Å². The van der Waals surface area contributed by atoms with Gasteiger partial charge >= 0.3 is 0 Å². The lowest BCUT2D eigenvalue weighted by molar-refractivity contribution is 0.0809. The second-order valence-corrected chi connectivity index (χ2v) is 13.3. The Kier molecular flexibility index (Phi) is 10.3. The summed E-state index contributed by atoms with van der Waals surface area (Å²) >= 11 is 0. The first-order chi connectivity index (χ1) is 26.3. The number of methoxy groups -OCH3 is 3. The highest BCUT2D eigenvalue weighted by Gasteiger charge is 2.35. The Morgan fingerprint density at radius 2 is 1.18 bits per heavy atom. The zero-order valence-corrected chi connectivity index (χ0v) is 30.2. The number of nitrogens with zero attached hydrogens (tertiary/aromatic N) is 4. The molecule has 0 radical (unpaired) electrons. The van der Waals surface area contributed by atoms with Crippen molar-refractivity contribution in [1.82, 2.24) is 9.80 Å². The number of rotatable bonds is 11. The second kappa shape index (κ2) is 15.4. The first-order valence-corrected chi connectivity index (χ1v) is 17.7. The van der Waals surface area contributed by atoms with Gasteiger partial charge in [0.25, 0.3) is 11.8 Å². The molecule has 12 heteroatoms. The lowest BCUT2D eigenvalue weighted by Gasteiger charge is -2.19. The van der Waals surface area contributed by atoms with Gasteiger partial charge in [0, 0.05) is 61.9 Å². The van der Waals surface area contributed by atoms with Crippen LogP contribution in [0.1, 0.15) is 58.5 Å². The van der Waals surface area contributed by atoms with Crippen molar-refractivity contribution in [2.45, 2.75) is 38.8 Å². The number of nitrogens with two attached hydrogens (primary N) is 1. The van der Waals surface area contributed by atoms with Crippen LogP contribution in [-0.2, 0) is 0 Å². The molecule has 4 aliphatic rings. The summed E-state index contributed by atoms with van der Waals surface area (Å²) in [5.41, 5.74) is 12.6. The van der Waals surface area contributed by atoms with E-state index in [1.54, 1.807) is 54.5 Å². The molecule has 2 atom stereocenters. The van der Waals surface area contributed by atoms with Crippen molar-refractivity contribution in [3.05, 3.63) is 107 Å². The maximum Gasteiger partial charge on any atom is 0.260 e. The largest absolute Gasteiger partial charge is 0.497 e. The van der Waals surface area contributed by atoms with Crippen molar-refractivity contribution in [1.29, 1.82) is 0 Å². The summed E-state index contributed by atoms with van der Waals surface area (Å²) < 4.78 is 28.8. The molecule has 2 amide bonds. The molecule has 4 aromatic carbocycles. The van der Waals surface area contributed by atoms with Gasteiger partial charge in [-0.15, -0.1) is 0 Å². The van der Waals surface area contributed by atoms with Gasteiger partial charge < -0.3 is 39.2 Å². The van der Waals surface area contributed by atoms with Crippen LogP contribution in [0.3, 0.4) is 0 Å². The smallest absolute Gasteiger partial charge is 0.260 e. The molecule has 12 nitrogen and oxygen atoms in total. The van der Waals surface area contributed by atoms with E-state index in [9.17, 15) is 9.59 Å². The van der Waals surface area contributed by atoms with Gasteiger partial charge in [-0.05, 0) is 58.7 Å². The molecular weight excluding hydrogens is 699 g/mol. The molecule has 0 saturated carbocycles. The van der Waals surface area contributed by atoms with Crippen molar-refractivity contribution >= 4 is 52.5 Å². The maximum atomic E-state index is 13.7. The molecule has 4 aromatic rings. The van der Waals surface area contributed by atoms with Crippen molar-refractivity contribution < 1.29 is 33.3 Å². The van der Waals surface area contributed by atoms with Crippen LogP contribution >= 0.6 is 0 Å². The van der Waals surface area contributed by atoms with Crippen molar-refractivity contribution in [3.8, 4) is 28.7 Å². The summed E-state index contributed by atoms with van der Waals surface area (Å²) in [6.07, 6.45) is 9.19. The highest BCUT2D eigenvalue weighted by molar-refractivity contribution is 6.06. The number of carbonyl (C=O) groups excluding carboxylic acids is 2. The lowest BCUT2D eigenvalue weighted by atomic mass is 10.0. The predicted molar refractivity (Wildman–Crippen MR) is 214 cm³/mol. The molecule has 0 bridgehead atoms. The third-order valence-corrected chi connectivity index (χ3v) is 9.95. The molecule has 0 aromatic heterocycles. The molecule has 55 heavy (non-hydrogen) atoms. The number of aliphatic imine (C=N–C) groups is 2. The van der Waals surface area contributed by atoms with Gasteiger partial charge in [-0.1, -0.05) is 31.7 Å². The van der Waals surface area contributed by atoms with Crippen molar-refractivity contribution in [2.24, 2.45) is 9.98 Å². The van der Waals surface area contributed by atoms with E-state index in [1.165, 1.54) is 7.11 Å². The number of fused-ring (bicyclic) bond motifs is 4. The van der Waals surface area contributed by atoms with E-state index >= 15 is 0 Å². The standard InChI is InChI=1S/C42H39N5O7.CH4/c1-50-32-10-8-25(9-11-32)27-15-30-21-44-35-19-39(37(51-2)17-33(35)41(48)46(30)23-27)53-12-5-13-54-40-20-36-34(18-38(40)52-3)42(49)47-24-28(16-31(47)22-45-36)26-6-4-7-29(43)14-26;/h4,6-11,14,17-24,30-31H,5,12-13,15-16,43H2,1-3H3;1H4. The third-order valence-electron chi connectivity index (χ3n) is 9.95. The van der Waals surface area contributed by atoms with E-state index in [2.05, 4.69) is 4.99 Å². The molecule has 4 heterocycles. The number of nitrogen functional groups attached to an aromatic ring is 1. The number of carbonyl (C=O) groups is 2. The minimum atomic E-state index is -0.213. The second-order valence-electron chi connectivity index (χ2n) is 13.3. The molecule has 4 aliphatic heterocycles.